The molecule has 1 saturated carbocycles. The summed E-state index contributed by atoms with van der Waals surface area (Å²) in [5.41, 5.74) is 2.67. The standard InChI is InChI=1S/C19H28N4O4S/c1-3-27-6-5-20-19-21-11(2)15(12-4-7-28-10-12)18(23-19)22-14-8-13(9-24)16(25)17(14)26/h4,7,10,13-14,16-17,24-26H,3,5-6,8-9H2,1-2H3,(H2,20,21,22,23)/t13-,14-,16-,17+/m1/s1. The van der Waals surface area contributed by atoms with Crippen molar-refractivity contribution in [2.24, 2.45) is 5.92 Å². The quantitative estimate of drug-likeness (QED) is 0.396. The topological polar surface area (TPSA) is 120 Å². The molecule has 1 aliphatic carbocycles. The number of nitrogens with one attached hydrogen (secondary N) is 2. The van der Waals surface area contributed by atoms with E-state index in [1.54, 1.807) is 11.3 Å². The number of aryl methyl sites for hydroxylation is 1. The molecule has 4 atom stereocenters. The fourth-order valence-electron chi connectivity index (χ4n) is 3.51. The summed E-state index contributed by atoms with van der Waals surface area (Å²) in [7, 11) is 0. The van der Waals surface area contributed by atoms with E-state index < -0.39 is 18.2 Å². The van der Waals surface area contributed by atoms with Gasteiger partial charge in [-0.15, -0.1) is 0 Å². The molecule has 1 fully saturated rings. The number of hydrogen-bond acceptors (Lipinski definition) is 9. The predicted molar refractivity (Wildman–Crippen MR) is 110 cm³/mol. The Morgan fingerprint density at radius 3 is 2.75 bits per heavy atom. The summed E-state index contributed by atoms with van der Waals surface area (Å²) in [6, 6.07) is 1.59. The molecule has 0 aliphatic heterocycles. The van der Waals surface area contributed by atoms with Crippen LogP contribution in [0.3, 0.4) is 0 Å². The van der Waals surface area contributed by atoms with Crippen molar-refractivity contribution in [2.45, 2.75) is 38.5 Å². The Balaban J connectivity index is 1.87. The van der Waals surface area contributed by atoms with Crippen LogP contribution in [0, 0.1) is 12.8 Å². The number of nitrogens with zero attached hydrogens (tertiary/aromatic N) is 2. The summed E-state index contributed by atoms with van der Waals surface area (Å²) in [5.74, 6) is 0.717. The first-order chi connectivity index (χ1) is 13.5. The summed E-state index contributed by atoms with van der Waals surface area (Å²) in [5, 5.41) is 40.4. The third kappa shape index (κ3) is 4.61. The number of aliphatic hydroxyl groups excluding tert-OH is 3. The second-order valence-corrected chi connectivity index (χ2v) is 7.68. The Hall–Kier alpha value is -1.78. The zero-order valence-electron chi connectivity index (χ0n) is 16.1. The Morgan fingerprint density at radius 2 is 2.11 bits per heavy atom. The van der Waals surface area contributed by atoms with Gasteiger partial charge in [0.05, 0.1) is 24.4 Å². The highest BCUT2D eigenvalue weighted by atomic mass is 32.1. The highest BCUT2D eigenvalue weighted by molar-refractivity contribution is 7.08. The molecular weight excluding hydrogens is 380 g/mol. The molecule has 1 aliphatic rings. The van der Waals surface area contributed by atoms with Crippen LogP contribution in [0.15, 0.2) is 16.8 Å². The average molecular weight is 409 g/mol. The van der Waals surface area contributed by atoms with E-state index in [1.165, 1.54) is 0 Å². The Bertz CT molecular complexity index is 759. The van der Waals surface area contributed by atoms with Crippen molar-refractivity contribution in [3.63, 3.8) is 0 Å². The number of hydrogen-bond donors (Lipinski definition) is 5. The van der Waals surface area contributed by atoms with Crippen LogP contribution in [0.5, 0.6) is 0 Å². The van der Waals surface area contributed by atoms with Crippen LogP contribution >= 0.6 is 11.3 Å². The second kappa shape index (κ2) is 9.62. The minimum atomic E-state index is -0.975. The lowest BCUT2D eigenvalue weighted by Crippen LogP contribution is -2.35. The molecule has 5 N–H and O–H groups in total. The van der Waals surface area contributed by atoms with E-state index in [1.807, 2.05) is 30.7 Å². The largest absolute Gasteiger partial charge is 0.396 e. The molecule has 3 rings (SSSR count). The molecular formula is C19H28N4O4S. The average Bonchev–Trinajstić information content (AvgIpc) is 3.29. The van der Waals surface area contributed by atoms with Gasteiger partial charge in [-0.3, -0.25) is 0 Å². The maximum absolute atomic E-state index is 10.4. The van der Waals surface area contributed by atoms with Gasteiger partial charge in [0.1, 0.15) is 11.9 Å². The van der Waals surface area contributed by atoms with Crippen molar-refractivity contribution in [1.29, 1.82) is 0 Å². The normalized spacial score (nSPS) is 24.5. The molecule has 28 heavy (non-hydrogen) atoms. The Morgan fingerprint density at radius 1 is 1.29 bits per heavy atom. The first-order valence-corrected chi connectivity index (χ1v) is 10.5. The maximum Gasteiger partial charge on any atom is 0.224 e. The molecule has 0 aromatic carbocycles. The van der Waals surface area contributed by atoms with Crippen LogP contribution in [-0.2, 0) is 4.74 Å². The van der Waals surface area contributed by atoms with Crippen LogP contribution in [-0.4, -0.2) is 69.9 Å². The lowest BCUT2D eigenvalue weighted by Gasteiger charge is -2.21. The molecule has 0 radical (unpaired) electrons. The minimum Gasteiger partial charge on any atom is -0.396 e. The summed E-state index contributed by atoms with van der Waals surface area (Å²) >= 11 is 1.59. The number of anilines is 2. The van der Waals surface area contributed by atoms with Gasteiger partial charge in [-0.2, -0.15) is 16.3 Å². The molecule has 0 unspecified atom stereocenters. The zero-order valence-corrected chi connectivity index (χ0v) is 16.9. The SMILES string of the molecule is CCOCCNc1nc(C)c(-c2ccsc2)c(N[C@@H]2C[C@H](CO)[C@@H](O)[C@H]2O)n1. The fourth-order valence-corrected chi connectivity index (χ4v) is 4.16. The van der Waals surface area contributed by atoms with Crippen LogP contribution in [0.4, 0.5) is 11.8 Å². The van der Waals surface area contributed by atoms with Gasteiger partial charge in [-0.1, -0.05) is 0 Å². The second-order valence-electron chi connectivity index (χ2n) is 6.90. The molecule has 2 aromatic heterocycles. The van der Waals surface area contributed by atoms with Gasteiger partial charge in [0.15, 0.2) is 0 Å². The van der Waals surface area contributed by atoms with E-state index in [2.05, 4.69) is 20.6 Å². The van der Waals surface area contributed by atoms with Crippen molar-refractivity contribution >= 4 is 23.1 Å². The monoisotopic (exact) mass is 408 g/mol. The molecule has 0 saturated heterocycles. The van der Waals surface area contributed by atoms with Gasteiger partial charge in [0, 0.05) is 31.2 Å². The molecule has 0 amide bonds. The van der Waals surface area contributed by atoms with E-state index in [4.69, 9.17) is 4.74 Å². The smallest absolute Gasteiger partial charge is 0.224 e. The van der Waals surface area contributed by atoms with E-state index in [-0.39, 0.29) is 12.5 Å². The maximum atomic E-state index is 10.4. The summed E-state index contributed by atoms with van der Waals surface area (Å²) < 4.78 is 5.34. The fraction of sp³-hybridized carbons (Fsp3) is 0.579. The highest BCUT2D eigenvalue weighted by Crippen LogP contribution is 2.35. The number of ether oxygens (including phenoxy) is 1. The molecule has 154 valence electrons. The predicted octanol–water partition coefficient (Wildman–Crippen LogP) is 1.48. The van der Waals surface area contributed by atoms with Gasteiger partial charge in [0.2, 0.25) is 5.95 Å². The van der Waals surface area contributed by atoms with E-state index >= 15 is 0 Å². The van der Waals surface area contributed by atoms with Crippen molar-refractivity contribution in [1.82, 2.24) is 9.97 Å². The third-order valence-electron chi connectivity index (χ3n) is 4.99. The highest BCUT2D eigenvalue weighted by Gasteiger charge is 2.41. The van der Waals surface area contributed by atoms with Gasteiger partial charge < -0.3 is 30.7 Å². The van der Waals surface area contributed by atoms with Gasteiger partial charge in [0.25, 0.3) is 0 Å². The summed E-state index contributed by atoms with van der Waals surface area (Å²) in [4.78, 5) is 9.18. The molecule has 2 heterocycles. The number of rotatable bonds is 9. The van der Waals surface area contributed by atoms with Crippen molar-refractivity contribution in [2.75, 3.05) is 37.0 Å². The Labute approximate surface area is 168 Å². The lowest BCUT2D eigenvalue weighted by atomic mass is 10.1. The van der Waals surface area contributed by atoms with Gasteiger partial charge in [-0.25, -0.2) is 4.98 Å². The van der Waals surface area contributed by atoms with Crippen molar-refractivity contribution < 1.29 is 20.1 Å². The third-order valence-corrected chi connectivity index (χ3v) is 5.68. The molecule has 0 spiro atoms. The first kappa shape index (κ1) is 20.9. The van der Waals surface area contributed by atoms with E-state index in [0.717, 1.165) is 16.8 Å². The molecule has 9 heteroatoms. The van der Waals surface area contributed by atoms with E-state index in [0.29, 0.717) is 37.9 Å². The van der Waals surface area contributed by atoms with Crippen LogP contribution < -0.4 is 10.6 Å². The molecule has 8 nitrogen and oxygen atoms in total. The number of thiophene rings is 1. The zero-order chi connectivity index (χ0) is 20.1. The van der Waals surface area contributed by atoms with Crippen LogP contribution in [0.2, 0.25) is 0 Å². The van der Waals surface area contributed by atoms with Crippen LogP contribution in [0.1, 0.15) is 19.0 Å². The van der Waals surface area contributed by atoms with Crippen molar-refractivity contribution in [3.8, 4) is 11.1 Å². The molecule has 0 bridgehead atoms. The van der Waals surface area contributed by atoms with E-state index in [9.17, 15) is 15.3 Å². The lowest BCUT2D eigenvalue weighted by molar-refractivity contribution is 0.00446. The summed E-state index contributed by atoms with van der Waals surface area (Å²) in [6.45, 7) is 5.49. The number of aliphatic hydroxyl groups is 3. The molecule has 2 aromatic rings. The minimum absolute atomic E-state index is 0.166. The first-order valence-electron chi connectivity index (χ1n) is 9.51. The van der Waals surface area contributed by atoms with Crippen LogP contribution in [0.25, 0.3) is 11.1 Å². The van der Waals surface area contributed by atoms with Gasteiger partial charge in [-0.05, 0) is 42.7 Å². The number of aromatic nitrogens is 2. The van der Waals surface area contributed by atoms with Gasteiger partial charge >= 0.3 is 0 Å². The van der Waals surface area contributed by atoms with Crippen molar-refractivity contribution in [3.05, 3.63) is 22.5 Å². The summed E-state index contributed by atoms with van der Waals surface area (Å²) in [6.07, 6.45) is -1.48. The Kier molecular flexibility index (Phi) is 7.19.